The van der Waals surface area contributed by atoms with E-state index in [9.17, 15) is 0 Å². The Morgan fingerprint density at radius 1 is 0.650 bits per heavy atom. The first-order valence-corrected chi connectivity index (χ1v) is 16.1. The van der Waals surface area contributed by atoms with Crippen LogP contribution in [0.3, 0.4) is 0 Å². The molecule has 0 aromatic carbocycles. The van der Waals surface area contributed by atoms with Crippen LogP contribution in [0, 0.1) is 5.92 Å². The van der Waals surface area contributed by atoms with Gasteiger partial charge in [-0.25, -0.2) is 4.99 Å². The minimum Gasteiger partial charge on any atom is -0.378 e. The summed E-state index contributed by atoms with van der Waals surface area (Å²) >= 11 is 0. The van der Waals surface area contributed by atoms with Crippen LogP contribution in [0.5, 0.6) is 0 Å². The molecule has 0 amide bonds. The largest absolute Gasteiger partial charge is 0.378 e. The van der Waals surface area contributed by atoms with E-state index in [2.05, 4.69) is 95.3 Å². The molecule has 2 unspecified atom stereocenters. The van der Waals surface area contributed by atoms with Crippen LogP contribution >= 0.6 is 0 Å². The summed E-state index contributed by atoms with van der Waals surface area (Å²) < 4.78 is 0. The molecule has 5 rings (SSSR count). The number of nitrogens with zero attached hydrogens (tertiary/aromatic N) is 1. The van der Waals surface area contributed by atoms with Crippen molar-refractivity contribution >= 4 is 17.9 Å². The van der Waals surface area contributed by atoms with E-state index in [4.69, 9.17) is 4.99 Å². The highest BCUT2D eigenvalue weighted by atomic mass is 15.0. The van der Waals surface area contributed by atoms with Crippen molar-refractivity contribution in [3.05, 3.63) is 78.9 Å². The van der Waals surface area contributed by atoms with Gasteiger partial charge in [0.05, 0.1) is 23.5 Å². The number of hydrogen-bond donors (Lipinski definition) is 3. The molecule has 0 saturated heterocycles. The third-order valence-corrected chi connectivity index (χ3v) is 9.67. The smallest absolute Gasteiger partial charge is 0.0693 e. The van der Waals surface area contributed by atoms with Crippen LogP contribution in [0.4, 0.5) is 0 Å². The Hall–Kier alpha value is -3.01. The van der Waals surface area contributed by atoms with Crippen molar-refractivity contribution in [2.75, 3.05) is 0 Å². The summed E-state index contributed by atoms with van der Waals surface area (Å²) in [4.78, 5) is 9.20. The molecule has 214 valence electrons. The van der Waals surface area contributed by atoms with E-state index in [1.54, 1.807) is 5.57 Å². The lowest BCUT2D eigenvalue weighted by Gasteiger charge is -2.20. The van der Waals surface area contributed by atoms with Crippen LogP contribution < -0.4 is 21.3 Å². The van der Waals surface area contributed by atoms with E-state index in [1.165, 1.54) is 55.5 Å². The fourth-order valence-electron chi connectivity index (χ4n) is 7.79. The van der Waals surface area contributed by atoms with Crippen LogP contribution in [0.25, 0.3) is 12.2 Å². The van der Waals surface area contributed by atoms with Crippen molar-refractivity contribution in [1.82, 2.24) is 15.6 Å². The lowest BCUT2D eigenvalue weighted by atomic mass is 9.89. The Kier molecular flexibility index (Phi) is 8.44. The number of fused-ring (bicyclic) bond motifs is 7. The molecule has 3 N–H and O–H groups in total. The number of aromatic nitrogens is 1. The molecule has 1 aromatic rings. The predicted molar refractivity (Wildman–Crippen MR) is 171 cm³/mol. The lowest BCUT2D eigenvalue weighted by Crippen LogP contribution is -2.29. The average Bonchev–Trinajstić information content (AvgIpc) is 3.67. The van der Waals surface area contributed by atoms with Gasteiger partial charge in [0.15, 0.2) is 0 Å². The van der Waals surface area contributed by atoms with E-state index >= 15 is 0 Å². The molecule has 40 heavy (non-hydrogen) atoms. The Balaban J connectivity index is 1.84. The second kappa shape index (κ2) is 11.8. The molecule has 0 aliphatic carbocycles. The SMILES string of the molecule is CCC1=C(CC)C2=NC1=C[C@@H]1NC(=CC3NC(=C(CC)C3CC)C=c3[nH]c(c(CC)c3CC)=C2)C(CC)=C1CC. The van der Waals surface area contributed by atoms with E-state index in [0.717, 1.165) is 62.8 Å². The Morgan fingerprint density at radius 2 is 1.30 bits per heavy atom. The van der Waals surface area contributed by atoms with E-state index in [1.807, 2.05) is 0 Å². The van der Waals surface area contributed by atoms with Gasteiger partial charge in [0.2, 0.25) is 0 Å². The number of allylic oxidation sites excluding steroid dienone is 4. The Labute approximate surface area is 241 Å². The van der Waals surface area contributed by atoms with Crippen LogP contribution in [-0.4, -0.2) is 22.8 Å². The third kappa shape index (κ3) is 4.67. The molecule has 0 fully saturated rings. The van der Waals surface area contributed by atoms with Crippen molar-refractivity contribution in [2.45, 2.75) is 119 Å². The lowest BCUT2D eigenvalue weighted by molar-refractivity contribution is 0.512. The van der Waals surface area contributed by atoms with Crippen LogP contribution in [0.1, 0.15) is 105 Å². The number of aromatic amines is 1. The number of H-pyrrole nitrogens is 1. The van der Waals surface area contributed by atoms with Crippen molar-refractivity contribution in [1.29, 1.82) is 0 Å². The molecule has 3 atom stereocenters. The summed E-state index contributed by atoms with van der Waals surface area (Å²) in [5.74, 6) is 0.502. The minimum atomic E-state index is 0.193. The van der Waals surface area contributed by atoms with Gasteiger partial charge in [-0.2, -0.15) is 0 Å². The number of hydrogen-bond acceptors (Lipinski definition) is 3. The van der Waals surface area contributed by atoms with Crippen LogP contribution in [0.2, 0.25) is 0 Å². The quantitative estimate of drug-likeness (QED) is 0.341. The highest BCUT2D eigenvalue weighted by Gasteiger charge is 2.33. The molecule has 4 heteroatoms. The van der Waals surface area contributed by atoms with Gasteiger partial charge >= 0.3 is 0 Å². The highest BCUT2D eigenvalue weighted by molar-refractivity contribution is 6.23. The van der Waals surface area contributed by atoms with Gasteiger partial charge in [-0.3, -0.25) is 0 Å². The molecule has 1 aromatic heterocycles. The summed E-state index contributed by atoms with van der Waals surface area (Å²) in [6.07, 6.45) is 18.0. The zero-order valence-electron chi connectivity index (χ0n) is 26.1. The van der Waals surface area contributed by atoms with E-state index in [-0.39, 0.29) is 6.04 Å². The fourth-order valence-corrected chi connectivity index (χ4v) is 7.79. The molecule has 4 aliphatic rings. The molecule has 4 aliphatic heterocycles. The van der Waals surface area contributed by atoms with Gasteiger partial charge in [-0.15, -0.1) is 0 Å². The summed E-state index contributed by atoms with van der Waals surface area (Å²) in [6, 6.07) is 0.483. The van der Waals surface area contributed by atoms with Gasteiger partial charge < -0.3 is 15.6 Å². The minimum absolute atomic E-state index is 0.193. The Morgan fingerprint density at radius 3 is 1.88 bits per heavy atom. The van der Waals surface area contributed by atoms with Crippen molar-refractivity contribution in [2.24, 2.45) is 10.9 Å². The van der Waals surface area contributed by atoms with E-state index < -0.39 is 0 Å². The van der Waals surface area contributed by atoms with Gasteiger partial charge in [-0.05, 0) is 115 Å². The average molecular weight is 539 g/mol. The molecule has 8 bridgehead atoms. The molecular weight excluding hydrogens is 488 g/mol. The summed E-state index contributed by atoms with van der Waals surface area (Å²) in [5.41, 5.74) is 15.1. The maximum atomic E-state index is 5.33. The topological polar surface area (TPSA) is 52.2 Å². The zero-order chi connectivity index (χ0) is 28.6. The molecule has 5 heterocycles. The second-order valence-corrected chi connectivity index (χ2v) is 11.5. The number of nitrogens with one attached hydrogen (secondary N) is 3. The van der Waals surface area contributed by atoms with Gasteiger partial charge in [0.1, 0.15) is 0 Å². The van der Waals surface area contributed by atoms with Crippen LogP contribution in [-0.2, 0) is 12.8 Å². The Bertz CT molecular complexity index is 1480. The van der Waals surface area contributed by atoms with Crippen molar-refractivity contribution < 1.29 is 0 Å². The molecule has 0 spiro atoms. The third-order valence-electron chi connectivity index (χ3n) is 9.67. The summed E-state index contributed by atoms with van der Waals surface area (Å²) in [6.45, 7) is 18.4. The normalized spacial score (nSPS) is 24.0. The molecule has 0 radical (unpaired) electrons. The molecule has 4 nitrogen and oxygen atoms in total. The first-order valence-electron chi connectivity index (χ1n) is 16.1. The first kappa shape index (κ1) is 28.5. The number of rotatable bonds is 8. The standard InChI is InChI=1S/C36H50N4/c1-9-21-22(10-2)30-18-32-25(13-5)26(14-6)34(39-32)20-36-28(16-8)27(15-7)35(40-36)19-33-24(12-4)23(11-3)31(38-33)17-29(21)37-30/h17-21,29,33,37-39H,9-16H2,1-8H3/t21?,29?,33-/m0/s1. The van der Waals surface area contributed by atoms with Crippen molar-refractivity contribution in [3.8, 4) is 0 Å². The predicted octanol–water partition coefficient (Wildman–Crippen LogP) is 6.80. The molecular formula is C36H50N4. The maximum Gasteiger partial charge on any atom is 0.0693 e. The monoisotopic (exact) mass is 538 g/mol. The first-order chi connectivity index (χ1) is 19.5. The highest BCUT2D eigenvalue weighted by Crippen LogP contribution is 2.38. The fraction of sp³-hybridized carbons (Fsp3) is 0.528. The van der Waals surface area contributed by atoms with Gasteiger partial charge in [0.25, 0.3) is 0 Å². The van der Waals surface area contributed by atoms with Crippen molar-refractivity contribution in [3.63, 3.8) is 0 Å². The van der Waals surface area contributed by atoms with E-state index in [0.29, 0.717) is 12.0 Å². The summed E-state index contributed by atoms with van der Waals surface area (Å²) in [7, 11) is 0. The van der Waals surface area contributed by atoms with Gasteiger partial charge in [0, 0.05) is 28.0 Å². The maximum absolute atomic E-state index is 5.33. The van der Waals surface area contributed by atoms with Crippen LogP contribution in [0.15, 0.2) is 62.1 Å². The second-order valence-electron chi connectivity index (χ2n) is 11.5. The summed E-state index contributed by atoms with van der Waals surface area (Å²) in [5, 5.41) is 10.4. The number of aliphatic imine (C=N–C) groups is 1. The zero-order valence-corrected chi connectivity index (χ0v) is 26.1. The van der Waals surface area contributed by atoms with Gasteiger partial charge in [-0.1, -0.05) is 55.4 Å². The molecule has 0 saturated carbocycles.